The second-order valence-corrected chi connectivity index (χ2v) is 5.53. The van der Waals surface area contributed by atoms with Crippen LogP contribution in [0.25, 0.3) is 0 Å². The fraction of sp³-hybridized carbons (Fsp3) is 0.350. The van der Waals surface area contributed by atoms with E-state index < -0.39 is 5.97 Å². The Morgan fingerprint density at radius 1 is 0.808 bits per heavy atom. The van der Waals surface area contributed by atoms with Crippen LogP contribution < -0.4 is 18.9 Å². The molecule has 0 aromatic heterocycles. The standard InChI is InChI=1S/C20H24O6/c1-22-16-11-15(12-17(13-16)23-2)20(21)26-9-5-6-14-7-8-18(24-3)19(10-14)25-4/h7-8,10-13H,5-6,9H2,1-4H3. The monoisotopic (exact) mass is 360 g/mol. The summed E-state index contributed by atoms with van der Waals surface area (Å²) in [5.74, 6) is 2.05. The maximum Gasteiger partial charge on any atom is 0.338 e. The van der Waals surface area contributed by atoms with Gasteiger partial charge in [-0.25, -0.2) is 4.79 Å². The first-order valence-electron chi connectivity index (χ1n) is 8.22. The van der Waals surface area contributed by atoms with Crippen LogP contribution in [-0.4, -0.2) is 41.0 Å². The molecule has 2 aromatic carbocycles. The molecule has 0 heterocycles. The predicted molar refractivity (Wildman–Crippen MR) is 97.7 cm³/mol. The number of aryl methyl sites for hydroxylation is 1. The predicted octanol–water partition coefficient (Wildman–Crippen LogP) is 3.51. The van der Waals surface area contributed by atoms with Crippen LogP contribution in [0, 0.1) is 0 Å². The first kappa shape index (κ1) is 19.4. The summed E-state index contributed by atoms with van der Waals surface area (Å²) in [5, 5.41) is 0. The molecular weight excluding hydrogens is 336 g/mol. The van der Waals surface area contributed by atoms with Gasteiger partial charge in [0.05, 0.1) is 40.6 Å². The minimum Gasteiger partial charge on any atom is -0.497 e. The van der Waals surface area contributed by atoms with Crippen molar-refractivity contribution in [2.24, 2.45) is 0 Å². The summed E-state index contributed by atoms with van der Waals surface area (Å²) < 4.78 is 26.2. The van der Waals surface area contributed by atoms with Gasteiger partial charge in [0.2, 0.25) is 0 Å². The first-order chi connectivity index (χ1) is 12.6. The van der Waals surface area contributed by atoms with Crippen molar-refractivity contribution >= 4 is 5.97 Å². The molecule has 0 aliphatic heterocycles. The van der Waals surface area contributed by atoms with Crippen LogP contribution >= 0.6 is 0 Å². The van der Waals surface area contributed by atoms with Gasteiger partial charge in [-0.15, -0.1) is 0 Å². The van der Waals surface area contributed by atoms with Crippen molar-refractivity contribution < 1.29 is 28.5 Å². The second kappa shape index (κ2) is 9.56. The van der Waals surface area contributed by atoms with Gasteiger partial charge in [0.25, 0.3) is 0 Å². The number of hydrogen-bond acceptors (Lipinski definition) is 6. The van der Waals surface area contributed by atoms with Crippen molar-refractivity contribution in [2.45, 2.75) is 12.8 Å². The molecule has 140 valence electrons. The lowest BCUT2D eigenvalue weighted by Gasteiger charge is -2.10. The average Bonchev–Trinajstić information content (AvgIpc) is 2.70. The molecule has 0 N–H and O–H groups in total. The normalized spacial score (nSPS) is 10.2. The number of carbonyl (C=O) groups is 1. The van der Waals surface area contributed by atoms with E-state index in [1.54, 1.807) is 32.4 Å². The minimum atomic E-state index is -0.408. The van der Waals surface area contributed by atoms with Crippen molar-refractivity contribution in [1.82, 2.24) is 0 Å². The van der Waals surface area contributed by atoms with Crippen LogP contribution in [-0.2, 0) is 11.2 Å². The molecule has 0 unspecified atom stereocenters. The zero-order valence-electron chi connectivity index (χ0n) is 15.5. The van der Waals surface area contributed by atoms with E-state index in [1.165, 1.54) is 14.2 Å². The number of rotatable bonds is 9. The van der Waals surface area contributed by atoms with E-state index in [1.807, 2.05) is 18.2 Å². The fourth-order valence-electron chi connectivity index (χ4n) is 2.49. The topological polar surface area (TPSA) is 63.2 Å². The Morgan fingerprint density at radius 3 is 2.04 bits per heavy atom. The third-order valence-corrected chi connectivity index (χ3v) is 3.88. The summed E-state index contributed by atoms with van der Waals surface area (Å²) >= 11 is 0. The summed E-state index contributed by atoms with van der Waals surface area (Å²) in [6, 6.07) is 10.7. The smallest absolute Gasteiger partial charge is 0.338 e. The van der Waals surface area contributed by atoms with Crippen molar-refractivity contribution in [3.63, 3.8) is 0 Å². The van der Waals surface area contributed by atoms with Gasteiger partial charge in [0, 0.05) is 6.07 Å². The Kier molecular flexibility index (Phi) is 7.14. The first-order valence-corrected chi connectivity index (χ1v) is 8.22. The molecule has 0 radical (unpaired) electrons. The molecule has 6 nitrogen and oxygen atoms in total. The third kappa shape index (κ3) is 5.05. The second-order valence-electron chi connectivity index (χ2n) is 5.53. The summed E-state index contributed by atoms with van der Waals surface area (Å²) in [4.78, 5) is 12.2. The van der Waals surface area contributed by atoms with Gasteiger partial charge in [-0.2, -0.15) is 0 Å². The highest BCUT2D eigenvalue weighted by Gasteiger charge is 2.11. The fourth-order valence-corrected chi connectivity index (χ4v) is 2.49. The molecule has 0 spiro atoms. The molecule has 2 aromatic rings. The van der Waals surface area contributed by atoms with Gasteiger partial charge >= 0.3 is 5.97 Å². The summed E-state index contributed by atoms with van der Waals surface area (Å²) in [6.45, 7) is 0.312. The number of methoxy groups -OCH3 is 4. The van der Waals surface area contributed by atoms with E-state index in [0.717, 1.165) is 12.0 Å². The van der Waals surface area contributed by atoms with Gasteiger partial charge in [-0.3, -0.25) is 0 Å². The van der Waals surface area contributed by atoms with Crippen LogP contribution in [0.15, 0.2) is 36.4 Å². The summed E-state index contributed by atoms with van der Waals surface area (Å²) in [6.07, 6.45) is 1.46. The van der Waals surface area contributed by atoms with Gasteiger partial charge in [-0.1, -0.05) is 6.07 Å². The Labute approximate surface area is 153 Å². The van der Waals surface area contributed by atoms with Gasteiger partial charge < -0.3 is 23.7 Å². The Balaban J connectivity index is 1.89. The Morgan fingerprint density at radius 2 is 1.46 bits per heavy atom. The Bertz CT molecular complexity index is 719. The highest BCUT2D eigenvalue weighted by Crippen LogP contribution is 2.28. The lowest BCUT2D eigenvalue weighted by atomic mass is 10.1. The third-order valence-electron chi connectivity index (χ3n) is 3.88. The molecule has 0 bridgehead atoms. The lowest BCUT2D eigenvalue weighted by Crippen LogP contribution is -2.08. The minimum absolute atomic E-state index is 0.312. The maximum absolute atomic E-state index is 12.2. The van der Waals surface area contributed by atoms with Crippen LogP contribution in [0.5, 0.6) is 23.0 Å². The van der Waals surface area contributed by atoms with E-state index in [0.29, 0.717) is 41.6 Å². The van der Waals surface area contributed by atoms with Gasteiger partial charge in [0.1, 0.15) is 11.5 Å². The van der Waals surface area contributed by atoms with Crippen LogP contribution in [0.3, 0.4) is 0 Å². The molecule has 0 aliphatic carbocycles. The van der Waals surface area contributed by atoms with Crippen molar-refractivity contribution in [3.8, 4) is 23.0 Å². The van der Waals surface area contributed by atoms with E-state index in [-0.39, 0.29) is 0 Å². The lowest BCUT2D eigenvalue weighted by molar-refractivity contribution is 0.0500. The van der Waals surface area contributed by atoms with Gasteiger partial charge in [0.15, 0.2) is 11.5 Å². The van der Waals surface area contributed by atoms with Gasteiger partial charge in [-0.05, 0) is 42.7 Å². The number of ether oxygens (including phenoxy) is 5. The van der Waals surface area contributed by atoms with Crippen LogP contribution in [0.2, 0.25) is 0 Å². The largest absolute Gasteiger partial charge is 0.497 e. The molecule has 2 rings (SSSR count). The maximum atomic E-state index is 12.2. The molecule has 0 fully saturated rings. The van der Waals surface area contributed by atoms with Crippen LogP contribution in [0.1, 0.15) is 22.3 Å². The molecule has 0 atom stereocenters. The van der Waals surface area contributed by atoms with Crippen LogP contribution in [0.4, 0.5) is 0 Å². The van der Waals surface area contributed by atoms with E-state index in [4.69, 9.17) is 23.7 Å². The quantitative estimate of drug-likeness (QED) is 0.504. The zero-order chi connectivity index (χ0) is 18.9. The number of benzene rings is 2. The van der Waals surface area contributed by atoms with Crippen molar-refractivity contribution in [3.05, 3.63) is 47.5 Å². The highest BCUT2D eigenvalue weighted by atomic mass is 16.5. The molecule has 0 saturated carbocycles. The molecule has 6 heteroatoms. The molecule has 26 heavy (non-hydrogen) atoms. The molecule has 0 amide bonds. The number of carbonyl (C=O) groups excluding carboxylic acids is 1. The number of esters is 1. The van der Waals surface area contributed by atoms with Crippen molar-refractivity contribution in [2.75, 3.05) is 35.0 Å². The number of hydrogen-bond donors (Lipinski definition) is 0. The summed E-state index contributed by atoms with van der Waals surface area (Å²) in [7, 11) is 6.27. The van der Waals surface area contributed by atoms with Crippen molar-refractivity contribution in [1.29, 1.82) is 0 Å². The highest BCUT2D eigenvalue weighted by molar-refractivity contribution is 5.90. The molecule has 0 saturated heterocycles. The molecular formula is C20H24O6. The average molecular weight is 360 g/mol. The zero-order valence-corrected chi connectivity index (χ0v) is 15.5. The van der Waals surface area contributed by atoms with E-state index in [9.17, 15) is 4.79 Å². The van der Waals surface area contributed by atoms with E-state index >= 15 is 0 Å². The Hall–Kier alpha value is -2.89. The van der Waals surface area contributed by atoms with E-state index in [2.05, 4.69) is 0 Å². The SMILES string of the molecule is COc1cc(OC)cc(C(=O)OCCCc2ccc(OC)c(OC)c2)c1. The summed E-state index contributed by atoms with van der Waals surface area (Å²) in [5.41, 5.74) is 1.48. The molecule has 0 aliphatic rings.